The Hall–Kier alpha value is -2.58. The molecule has 3 aromatic rings. The van der Waals surface area contributed by atoms with Gasteiger partial charge in [-0.2, -0.15) is 13.2 Å². The fraction of sp³-hybridized carbons (Fsp3) is 0.240. The maximum Gasteiger partial charge on any atom is 0.416 e. The number of hydrogen-bond acceptors (Lipinski definition) is 3. The van der Waals surface area contributed by atoms with Crippen molar-refractivity contribution in [2.24, 2.45) is 0 Å². The third-order valence-corrected chi connectivity index (χ3v) is 8.47. The smallest absolute Gasteiger partial charge is 0.326 e. The number of carbonyl (C=O) groups excluding carboxylic acids is 1. The summed E-state index contributed by atoms with van der Waals surface area (Å²) in [6.07, 6.45) is -0.777. The number of alkyl halides is 3. The van der Waals surface area contributed by atoms with Gasteiger partial charge in [0.05, 0.1) is 27.5 Å². The van der Waals surface area contributed by atoms with E-state index in [4.69, 9.17) is 0 Å². The van der Waals surface area contributed by atoms with Gasteiger partial charge in [-0.15, -0.1) is 11.8 Å². The van der Waals surface area contributed by atoms with Gasteiger partial charge < -0.3 is 5.32 Å². The zero-order valence-corrected chi connectivity index (χ0v) is 19.4. The van der Waals surface area contributed by atoms with Crippen molar-refractivity contribution in [3.05, 3.63) is 89.5 Å². The first-order valence-electron chi connectivity index (χ1n) is 10.3. The number of anilines is 1. The Bertz CT molecular complexity index is 1150. The Labute approximate surface area is 197 Å². The van der Waals surface area contributed by atoms with E-state index < -0.39 is 27.3 Å². The van der Waals surface area contributed by atoms with E-state index in [-0.39, 0.29) is 12.3 Å². The quantitative estimate of drug-likeness (QED) is 0.391. The molecule has 0 heterocycles. The highest BCUT2D eigenvalue weighted by Crippen LogP contribution is 2.53. The number of carbonyl (C=O) groups is 1. The van der Waals surface area contributed by atoms with Crippen molar-refractivity contribution in [3.8, 4) is 0 Å². The molecule has 1 aliphatic carbocycles. The SMILES string of the molecule is CSc1ccc(CC(=O)Nc2ccc(C3(S(=O)c4ccc(C(F)(F)F)cc4)CC3)cc2)cc1. The molecule has 1 N–H and O–H groups in total. The van der Waals surface area contributed by atoms with Gasteiger partial charge in [0.2, 0.25) is 5.91 Å². The lowest BCUT2D eigenvalue weighted by Crippen LogP contribution is -2.16. The summed E-state index contributed by atoms with van der Waals surface area (Å²) in [7, 11) is -1.47. The van der Waals surface area contributed by atoms with Crippen molar-refractivity contribution in [1.82, 2.24) is 0 Å². The molecule has 3 nitrogen and oxygen atoms in total. The number of halogens is 3. The minimum atomic E-state index is -4.42. The Kier molecular flexibility index (Phi) is 6.68. The van der Waals surface area contributed by atoms with E-state index in [1.165, 1.54) is 12.1 Å². The molecule has 33 heavy (non-hydrogen) atoms. The molecular weight excluding hydrogens is 467 g/mol. The molecule has 172 valence electrons. The summed E-state index contributed by atoms with van der Waals surface area (Å²) in [5.74, 6) is -0.130. The lowest BCUT2D eigenvalue weighted by Gasteiger charge is -2.17. The maximum atomic E-state index is 13.2. The predicted molar refractivity (Wildman–Crippen MR) is 126 cm³/mol. The predicted octanol–water partition coefficient (Wildman–Crippen LogP) is 6.41. The van der Waals surface area contributed by atoms with Crippen LogP contribution in [0.4, 0.5) is 18.9 Å². The molecule has 1 unspecified atom stereocenters. The molecule has 3 aromatic carbocycles. The maximum absolute atomic E-state index is 13.2. The topological polar surface area (TPSA) is 46.2 Å². The molecule has 1 fully saturated rings. The first kappa shape index (κ1) is 23.6. The van der Waals surface area contributed by atoms with Crippen LogP contribution in [-0.2, 0) is 32.9 Å². The first-order chi connectivity index (χ1) is 15.7. The summed E-state index contributed by atoms with van der Waals surface area (Å²) in [4.78, 5) is 13.9. The van der Waals surface area contributed by atoms with Gasteiger partial charge in [0.15, 0.2) is 0 Å². The molecule has 0 aromatic heterocycles. The van der Waals surface area contributed by atoms with Crippen LogP contribution in [0.2, 0.25) is 0 Å². The van der Waals surface area contributed by atoms with Gasteiger partial charge in [-0.1, -0.05) is 24.3 Å². The van der Waals surface area contributed by atoms with Crippen molar-refractivity contribution in [2.45, 2.75) is 40.0 Å². The minimum Gasteiger partial charge on any atom is -0.326 e. The van der Waals surface area contributed by atoms with Crippen molar-refractivity contribution in [3.63, 3.8) is 0 Å². The van der Waals surface area contributed by atoms with Crippen LogP contribution in [0, 0.1) is 0 Å². The monoisotopic (exact) mass is 489 g/mol. The average Bonchev–Trinajstić information content (AvgIpc) is 3.61. The van der Waals surface area contributed by atoms with Crippen LogP contribution in [0.15, 0.2) is 82.6 Å². The van der Waals surface area contributed by atoms with Gasteiger partial charge in [-0.25, -0.2) is 0 Å². The molecule has 0 spiro atoms. The molecule has 1 saturated carbocycles. The fourth-order valence-corrected chi connectivity index (χ4v) is 5.74. The van der Waals surface area contributed by atoms with Crippen LogP contribution in [0.3, 0.4) is 0 Å². The zero-order valence-electron chi connectivity index (χ0n) is 17.8. The van der Waals surface area contributed by atoms with E-state index >= 15 is 0 Å². The van der Waals surface area contributed by atoms with Crippen molar-refractivity contribution < 1.29 is 22.2 Å². The van der Waals surface area contributed by atoms with Crippen LogP contribution in [0.5, 0.6) is 0 Å². The second-order valence-corrected chi connectivity index (χ2v) is 10.6. The number of benzene rings is 3. The third kappa shape index (κ3) is 5.33. The summed E-state index contributed by atoms with van der Waals surface area (Å²) < 4.78 is 51.0. The largest absolute Gasteiger partial charge is 0.416 e. The average molecular weight is 490 g/mol. The summed E-state index contributed by atoms with van der Waals surface area (Å²) in [5.41, 5.74) is 1.66. The van der Waals surface area contributed by atoms with Gasteiger partial charge in [0.1, 0.15) is 0 Å². The highest BCUT2D eigenvalue weighted by Gasteiger charge is 2.50. The highest BCUT2D eigenvalue weighted by atomic mass is 32.2. The van der Waals surface area contributed by atoms with Crippen molar-refractivity contribution >= 4 is 34.2 Å². The Morgan fingerprint density at radius 3 is 2.09 bits per heavy atom. The summed E-state index contributed by atoms with van der Waals surface area (Å²) in [6, 6.07) is 19.6. The molecule has 0 bridgehead atoms. The first-order valence-corrected chi connectivity index (χ1v) is 12.7. The minimum absolute atomic E-state index is 0.130. The Morgan fingerprint density at radius 1 is 0.970 bits per heavy atom. The summed E-state index contributed by atoms with van der Waals surface area (Å²) >= 11 is 1.64. The van der Waals surface area contributed by atoms with Crippen LogP contribution >= 0.6 is 11.8 Å². The number of nitrogens with one attached hydrogen (secondary N) is 1. The molecule has 1 aliphatic rings. The number of rotatable bonds is 7. The van der Waals surface area contributed by atoms with E-state index in [0.29, 0.717) is 23.4 Å². The summed E-state index contributed by atoms with van der Waals surface area (Å²) in [5, 5.41) is 2.87. The van der Waals surface area contributed by atoms with E-state index in [1.807, 2.05) is 42.7 Å². The molecule has 4 rings (SSSR count). The molecule has 1 atom stereocenters. The van der Waals surface area contributed by atoms with Gasteiger partial charge in [-0.05, 0) is 78.8 Å². The third-order valence-electron chi connectivity index (χ3n) is 5.67. The standard InChI is InChI=1S/C25H22F3NO2S2/c1-32-21-10-2-17(3-11-21)16-23(30)29-20-8-4-18(5-9-20)24(14-15-24)33(31)22-12-6-19(7-13-22)25(26,27)28/h2-13H,14-16H2,1H3,(H,29,30). The highest BCUT2D eigenvalue weighted by molar-refractivity contribution is 7.98. The van der Waals surface area contributed by atoms with Crippen LogP contribution < -0.4 is 5.32 Å². The van der Waals surface area contributed by atoms with E-state index in [9.17, 15) is 22.2 Å². The van der Waals surface area contributed by atoms with Crippen LogP contribution in [-0.4, -0.2) is 16.4 Å². The van der Waals surface area contributed by atoms with Crippen LogP contribution in [0.25, 0.3) is 0 Å². The second kappa shape index (κ2) is 9.35. The fourth-order valence-electron chi connectivity index (χ4n) is 3.68. The molecule has 1 amide bonds. The zero-order chi connectivity index (χ0) is 23.6. The van der Waals surface area contributed by atoms with Gasteiger partial charge >= 0.3 is 6.18 Å². The molecule has 0 saturated heterocycles. The van der Waals surface area contributed by atoms with Gasteiger partial charge in [-0.3, -0.25) is 9.00 Å². The summed E-state index contributed by atoms with van der Waals surface area (Å²) in [6.45, 7) is 0. The van der Waals surface area contributed by atoms with Crippen LogP contribution in [0.1, 0.15) is 29.5 Å². The Balaban J connectivity index is 1.41. The van der Waals surface area contributed by atoms with E-state index in [2.05, 4.69) is 5.32 Å². The lowest BCUT2D eigenvalue weighted by atomic mass is 10.1. The normalized spacial score (nSPS) is 15.6. The number of hydrogen-bond donors (Lipinski definition) is 1. The van der Waals surface area contributed by atoms with E-state index in [1.54, 1.807) is 23.9 Å². The second-order valence-electron chi connectivity index (χ2n) is 7.94. The van der Waals surface area contributed by atoms with Gasteiger partial charge in [0, 0.05) is 15.5 Å². The Morgan fingerprint density at radius 2 is 1.58 bits per heavy atom. The van der Waals surface area contributed by atoms with Crippen molar-refractivity contribution in [1.29, 1.82) is 0 Å². The molecular formula is C25H22F3NO2S2. The molecule has 0 aliphatic heterocycles. The number of thioether (sulfide) groups is 1. The van der Waals surface area contributed by atoms with Gasteiger partial charge in [0.25, 0.3) is 0 Å². The molecule has 8 heteroatoms. The molecule has 0 radical (unpaired) electrons. The van der Waals surface area contributed by atoms with Crippen molar-refractivity contribution in [2.75, 3.05) is 11.6 Å². The van der Waals surface area contributed by atoms with E-state index in [0.717, 1.165) is 28.2 Å². The lowest BCUT2D eigenvalue weighted by molar-refractivity contribution is -0.137. The number of amides is 1.